The lowest BCUT2D eigenvalue weighted by Gasteiger charge is -2.29. The van der Waals surface area contributed by atoms with Crippen LogP contribution in [0.15, 0.2) is 9.59 Å². The summed E-state index contributed by atoms with van der Waals surface area (Å²) in [4.78, 5) is 33.3. The summed E-state index contributed by atoms with van der Waals surface area (Å²) in [6.45, 7) is 0. The normalized spacial score (nSPS) is 17.5. The Morgan fingerprint density at radius 1 is 1.10 bits per heavy atom. The fourth-order valence-corrected chi connectivity index (χ4v) is 3.25. The number of fused-ring (bicyclic) bond motifs is 1. The summed E-state index contributed by atoms with van der Waals surface area (Å²) in [6.07, 6.45) is 5.82. The molecule has 7 nitrogen and oxygen atoms in total. The average molecular weight is 292 g/mol. The first-order valence-corrected chi connectivity index (χ1v) is 7.45. The molecule has 0 atom stereocenters. The molecule has 0 radical (unpaired) electrons. The van der Waals surface area contributed by atoms with Crippen molar-refractivity contribution in [1.82, 2.24) is 24.2 Å². The van der Waals surface area contributed by atoms with E-state index in [1.165, 1.54) is 19.3 Å². The van der Waals surface area contributed by atoms with Crippen molar-refractivity contribution in [2.75, 3.05) is 21.1 Å². The minimum Gasteiger partial charge on any atom is -0.290 e. The smallest absolute Gasteiger partial charge is 0.290 e. The molecule has 2 aromatic rings. The van der Waals surface area contributed by atoms with Gasteiger partial charge in [0.05, 0.1) is 21.1 Å². The van der Waals surface area contributed by atoms with Crippen molar-refractivity contribution in [1.29, 1.82) is 0 Å². The number of hydrogen-bond donors (Lipinski definition) is 2. The average Bonchev–Trinajstić information content (AvgIpc) is 2.79. The van der Waals surface area contributed by atoms with Gasteiger partial charge in [-0.3, -0.25) is 14.8 Å². The maximum Gasteiger partial charge on any atom is 0.327 e. The van der Waals surface area contributed by atoms with E-state index in [2.05, 4.69) is 15.0 Å². The number of H-pyrrole nitrogens is 2. The fraction of sp³-hybridized carbons (Fsp3) is 0.643. The van der Waals surface area contributed by atoms with Crippen LogP contribution in [0.3, 0.4) is 0 Å². The Labute approximate surface area is 122 Å². The third-order valence-electron chi connectivity index (χ3n) is 4.12. The van der Waals surface area contributed by atoms with Crippen LogP contribution in [0.5, 0.6) is 0 Å². The van der Waals surface area contributed by atoms with Crippen LogP contribution in [0.25, 0.3) is 11.2 Å². The Bertz CT molecular complexity index is 771. The molecule has 21 heavy (non-hydrogen) atoms. The molecule has 0 bridgehead atoms. The molecule has 2 aromatic heterocycles. The van der Waals surface area contributed by atoms with E-state index < -0.39 is 5.69 Å². The Kier molecular flexibility index (Phi) is 3.24. The Morgan fingerprint density at radius 3 is 2.38 bits per heavy atom. The molecular weight excluding hydrogens is 270 g/mol. The molecule has 2 N–H and O–H groups in total. The molecule has 1 aliphatic carbocycles. The molecule has 7 heteroatoms. The van der Waals surface area contributed by atoms with Crippen molar-refractivity contribution < 1.29 is 0 Å². The lowest BCUT2D eigenvalue weighted by molar-refractivity contribution is 0.246. The molecule has 0 spiro atoms. The zero-order valence-electron chi connectivity index (χ0n) is 12.8. The summed E-state index contributed by atoms with van der Waals surface area (Å²) in [5, 5.41) is 0. The highest BCUT2D eigenvalue weighted by molar-refractivity contribution is 5.70. The highest BCUT2D eigenvalue weighted by atomic mass is 16.2. The van der Waals surface area contributed by atoms with Crippen molar-refractivity contribution in [3.63, 3.8) is 0 Å². The second-order valence-corrected chi connectivity index (χ2v) is 6.66. The van der Waals surface area contributed by atoms with Gasteiger partial charge in [-0.15, -0.1) is 0 Å². The predicted octanol–water partition coefficient (Wildman–Crippen LogP) is 0.789. The van der Waals surface area contributed by atoms with Crippen molar-refractivity contribution in [3.8, 4) is 0 Å². The first-order chi connectivity index (χ1) is 9.88. The second kappa shape index (κ2) is 4.84. The molecule has 0 aromatic carbocycles. The monoisotopic (exact) mass is 292 g/mol. The number of imidazole rings is 1. The molecule has 0 amide bonds. The maximum absolute atomic E-state index is 12.2. The third kappa shape index (κ3) is 2.42. The molecule has 1 aliphatic rings. The van der Waals surface area contributed by atoms with Crippen LogP contribution in [-0.4, -0.2) is 40.8 Å². The number of nitrogens with one attached hydrogen (secondary N) is 2. The Hall–Kier alpha value is -1.89. The fourth-order valence-electron chi connectivity index (χ4n) is 3.25. The van der Waals surface area contributed by atoms with Gasteiger partial charge in [0.1, 0.15) is 0 Å². The van der Waals surface area contributed by atoms with Gasteiger partial charge in [-0.1, -0.05) is 19.3 Å². The van der Waals surface area contributed by atoms with Crippen LogP contribution in [0.2, 0.25) is 0 Å². The van der Waals surface area contributed by atoms with Crippen molar-refractivity contribution >= 4 is 11.2 Å². The van der Waals surface area contributed by atoms with Crippen LogP contribution >= 0.6 is 0 Å². The van der Waals surface area contributed by atoms with Gasteiger partial charge in [0, 0.05) is 5.92 Å². The first-order valence-electron chi connectivity index (χ1n) is 7.45. The third-order valence-corrected chi connectivity index (χ3v) is 4.12. The van der Waals surface area contributed by atoms with E-state index in [1.807, 2.05) is 25.8 Å². The van der Waals surface area contributed by atoms with E-state index in [0.29, 0.717) is 21.7 Å². The van der Waals surface area contributed by atoms with Gasteiger partial charge in [0.2, 0.25) is 5.52 Å². The summed E-state index contributed by atoms with van der Waals surface area (Å²) in [5.74, 6) is 1.26. The molecular formula is C14H22N5O2+. The highest BCUT2D eigenvalue weighted by Crippen LogP contribution is 2.33. The van der Waals surface area contributed by atoms with Gasteiger partial charge < -0.3 is 0 Å². The van der Waals surface area contributed by atoms with Crippen molar-refractivity contribution in [3.05, 3.63) is 26.7 Å². The summed E-state index contributed by atoms with van der Waals surface area (Å²) < 4.78 is 2.39. The van der Waals surface area contributed by atoms with E-state index in [4.69, 9.17) is 0 Å². The van der Waals surface area contributed by atoms with Crippen molar-refractivity contribution in [2.45, 2.75) is 38.0 Å². The summed E-state index contributed by atoms with van der Waals surface area (Å²) in [6, 6.07) is 0. The van der Waals surface area contributed by atoms with Crippen LogP contribution < -0.4 is 15.8 Å². The van der Waals surface area contributed by atoms with E-state index in [-0.39, 0.29) is 5.56 Å². The minimum absolute atomic E-state index is 0.353. The van der Waals surface area contributed by atoms with E-state index in [1.54, 1.807) is 0 Å². The van der Waals surface area contributed by atoms with Crippen LogP contribution in [0.1, 0.15) is 43.8 Å². The van der Waals surface area contributed by atoms with Gasteiger partial charge in [-0.05, 0) is 12.8 Å². The molecule has 0 saturated heterocycles. The van der Waals surface area contributed by atoms with Crippen LogP contribution in [0, 0.1) is 0 Å². The number of hydrogen-bond acceptors (Lipinski definition) is 3. The van der Waals surface area contributed by atoms with Crippen LogP contribution in [0.4, 0.5) is 0 Å². The standard InChI is InChI=1S/C14H21N5O2/c1-19(2,3)18-10-11(16-14(21)17-13(10)20)15-12(18)9-7-5-4-6-8-9/h9H,4-8H2,1-3H3,(H-,16,17,20,21)/p+1. The lowest BCUT2D eigenvalue weighted by Crippen LogP contribution is -2.49. The van der Waals surface area contributed by atoms with Gasteiger partial charge in [-0.2, -0.15) is 4.68 Å². The predicted molar refractivity (Wildman–Crippen MR) is 82.1 cm³/mol. The van der Waals surface area contributed by atoms with Gasteiger partial charge in [0.25, 0.3) is 5.56 Å². The van der Waals surface area contributed by atoms with Crippen molar-refractivity contribution in [2.24, 2.45) is 0 Å². The van der Waals surface area contributed by atoms with Gasteiger partial charge in [0.15, 0.2) is 11.5 Å². The SMILES string of the molecule is C[N+](C)(C)n1c(C2CCCCC2)nc2[nH]c(=O)[nH]c(=O)c21. The lowest BCUT2D eigenvalue weighted by atomic mass is 9.89. The summed E-state index contributed by atoms with van der Waals surface area (Å²) >= 11 is 0. The van der Waals surface area contributed by atoms with E-state index in [0.717, 1.165) is 18.7 Å². The van der Waals surface area contributed by atoms with E-state index in [9.17, 15) is 9.59 Å². The van der Waals surface area contributed by atoms with E-state index >= 15 is 0 Å². The molecule has 2 heterocycles. The van der Waals surface area contributed by atoms with Crippen LogP contribution in [-0.2, 0) is 0 Å². The number of quaternary nitrogens is 1. The first kappa shape index (κ1) is 14.1. The van der Waals surface area contributed by atoms with Gasteiger partial charge >= 0.3 is 5.69 Å². The number of aromatic amines is 2. The largest absolute Gasteiger partial charge is 0.327 e. The Balaban J connectivity index is 2.30. The molecule has 1 fully saturated rings. The molecule has 0 aliphatic heterocycles. The zero-order chi connectivity index (χ0) is 15.2. The topological polar surface area (TPSA) is 83.5 Å². The summed E-state index contributed by atoms with van der Waals surface area (Å²) in [7, 11) is 5.99. The molecule has 0 unspecified atom stereocenters. The maximum atomic E-state index is 12.2. The highest BCUT2D eigenvalue weighted by Gasteiger charge is 2.30. The molecule has 114 valence electrons. The second-order valence-electron chi connectivity index (χ2n) is 6.66. The number of nitrogens with zero attached hydrogens (tertiary/aromatic N) is 3. The van der Waals surface area contributed by atoms with Gasteiger partial charge in [-0.25, -0.2) is 14.4 Å². The number of aromatic nitrogens is 4. The Morgan fingerprint density at radius 2 is 1.76 bits per heavy atom. The number of rotatable bonds is 2. The quantitative estimate of drug-likeness (QED) is 0.803. The summed E-state index contributed by atoms with van der Waals surface area (Å²) in [5.41, 5.74) is -0.0508. The zero-order valence-corrected chi connectivity index (χ0v) is 12.8. The minimum atomic E-state index is -0.506. The molecule has 3 rings (SSSR count). The molecule has 1 saturated carbocycles.